The molecule has 0 atom stereocenters. The molecule has 0 spiro atoms. The minimum atomic E-state index is -0.0211. The molecule has 0 bridgehead atoms. The summed E-state index contributed by atoms with van der Waals surface area (Å²) in [6.07, 6.45) is 3.50. The summed E-state index contributed by atoms with van der Waals surface area (Å²) in [5.41, 5.74) is 5.87. The van der Waals surface area contributed by atoms with E-state index in [0.29, 0.717) is 5.56 Å². The van der Waals surface area contributed by atoms with Crippen LogP contribution in [0, 0.1) is 0 Å². The molecular weight excluding hydrogens is 356 g/mol. The van der Waals surface area contributed by atoms with Gasteiger partial charge in [-0.3, -0.25) is 4.79 Å². The van der Waals surface area contributed by atoms with Crippen LogP contribution in [0.1, 0.15) is 15.9 Å². The minimum Gasteiger partial charge on any atom is -0.508 e. The molecule has 29 heavy (non-hydrogen) atoms. The van der Waals surface area contributed by atoms with Crippen LogP contribution in [0.5, 0.6) is 5.75 Å². The molecule has 0 fully saturated rings. The van der Waals surface area contributed by atoms with Gasteiger partial charge < -0.3 is 5.11 Å². The van der Waals surface area contributed by atoms with Crippen molar-refractivity contribution in [3.05, 3.63) is 120 Å². The van der Waals surface area contributed by atoms with Crippen LogP contribution in [-0.2, 0) is 0 Å². The Labute approximate surface area is 170 Å². The molecule has 2 nitrogen and oxygen atoms in total. The van der Waals surface area contributed by atoms with Gasteiger partial charge in [0.15, 0.2) is 5.78 Å². The maximum absolute atomic E-state index is 12.5. The van der Waals surface area contributed by atoms with E-state index < -0.39 is 0 Å². The molecule has 0 saturated heterocycles. The van der Waals surface area contributed by atoms with E-state index in [1.165, 1.54) is 0 Å². The number of ketones is 1. The summed E-state index contributed by atoms with van der Waals surface area (Å²) in [7, 11) is 0. The second-order valence-corrected chi connectivity index (χ2v) is 6.74. The topological polar surface area (TPSA) is 37.3 Å². The van der Waals surface area contributed by atoms with Gasteiger partial charge in [0.05, 0.1) is 0 Å². The summed E-state index contributed by atoms with van der Waals surface area (Å²) < 4.78 is 0. The summed E-state index contributed by atoms with van der Waals surface area (Å²) in [6.45, 7) is 0. The van der Waals surface area contributed by atoms with Crippen molar-refractivity contribution in [1.82, 2.24) is 0 Å². The van der Waals surface area contributed by atoms with E-state index in [1.807, 2.05) is 78.9 Å². The van der Waals surface area contributed by atoms with Crippen LogP contribution in [0.25, 0.3) is 28.3 Å². The second-order valence-electron chi connectivity index (χ2n) is 6.74. The maximum Gasteiger partial charge on any atom is 0.185 e. The van der Waals surface area contributed by atoms with Gasteiger partial charge in [-0.05, 0) is 46.0 Å². The molecule has 0 aliphatic rings. The average molecular weight is 376 g/mol. The van der Waals surface area contributed by atoms with Crippen molar-refractivity contribution in [2.24, 2.45) is 0 Å². The highest BCUT2D eigenvalue weighted by atomic mass is 16.3. The summed E-state index contributed by atoms with van der Waals surface area (Å²) in [4.78, 5) is 12.5. The molecule has 4 rings (SSSR count). The van der Waals surface area contributed by atoms with Crippen molar-refractivity contribution < 1.29 is 9.90 Å². The number of hydrogen-bond donors (Lipinski definition) is 1. The number of phenolic OH excluding ortho intramolecular Hbond substituents is 1. The first-order chi connectivity index (χ1) is 14.2. The minimum absolute atomic E-state index is 0.0211. The van der Waals surface area contributed by atoms with Gasteiger partial charge in [0.1, 0.15) is 5.75 Å². The van der Waals surface area contributed by atoms with Crippen LogP contribution >= 0.6 is 0 Å². The SMILES string of the molecule is O=C(C=Cc1ccccc1-c1ccccc1-c1ccc(O)cc1)c1ccccc1. The highest BCUT2D eigenvalue weighted by Gasteiger charge is 2.10. The van der Waals surface area contributed by atoms with Crippen LogP contribution < -0.4 is 0 Å². The Bertz CT molecular complexity index is 1160. The third-order valence-electron chi connectivity index (χ3n) is 4.83. The van der Waals surface area contributed by atoms with Gasteiger partial charge in [-0.2, -0.15) is 0 Å². The van der Waals surface area contributed by atoms with E-state index in [4.69, 9.17) is 0 Å². The van der Waals surface area contributed by atoms with Gasteiger partial charge in [0, 0.05) is 5.56 Å². The molecule has 0 unspecified atom stereocenters. The summed E-state index contributed by atoms with van der Waals surface area (Å²) in [5, 5.41) is 9.61. The first-order valence-electron chi connectivity index (χ1n) is 9.48. The van der Waals surface area contributed by atoms with E-state index in [-0.39, 0.29) is 11.5 Å². The fourth-order valence-corrected chi connectivity index (χ4v) is 3.36. The molecular formula is C27H20O2. The Morgan fingerprint density at radius 1 is 0.621 bits per heavy atom. The largest absolute Gasteiger partial charge is 0.508 e. The quantitative estimate of drug-likeness (QED) is 0.314. The molecule has 0 aliphatic carbocycles. The van der Waals surface area contributed by atoms with Crippen LogP contribution in [-0.4, -0.2) is 10.9 Å². The van der Waals surface area contributed by atoms with Crippen molar-refractivity contribution in [2.75, 3.05) is 0 Å². The zero-order valence-corrected chi connectivity index (χ0v) is 15.8. The van der Waals surface area contributed by atoms with E-state index in [0.717, 1.165) is 27.8 Å². The fourth-order valence-electron chi connectivity index (χ4n) is 3.36. The average Bonchev–Trinajstić information content (AvgIpc) is 2.79. The van der Waals surface area contributed by atoms with Crippen LogP contribution in [0.4, 0.5) is 0 Å². The Morgan fingerprint density at radius 3 is 1.93 bits per heavy atom. The standard InChI is InChI=1S/C27H20O2/c28-23-17-14-21(15-18-23)25-12-6-7-13-26(25)24-11-5-4-8-20(24)16-19-27(29)22-9-2-1-3-10-22/h1-19,28H. The van der Waals surface area contributed by atoms with Crippen molar-refractivity contribution in [2.45, 2.75) is 0 Å². The number of carbonyl (C=O) groups is 1. The Kier molecular flexibility index (Phi) is 5.35. The van der Waals surface area contributed by atoms with E-state index >= 15 is 0 Å². The number of benzene rings is 4. The predicted molar refractivity (Wildman–Crippen MR) is 119 cm³/mol. The highest BCUT2D eigenvalue weighted by molar-refractivity contribution is 6.07. The van der Waals surface area contributed by atoms with Crippen molar-refractivity contribution in [1.29, 1.82) is 0 Å². The Morgan fingerprint density at radius 2 is 1.21 bits per heavy atom. The molecule has 4 aromatic carbocycles. The lowest BCUT2D eigenvalue weighted by Crippen LogP contribution is -1.93. The number of aromatic hydroxyl groups is 1. The number of phenols is 1. The maximum atomic E-state index is 12.5. The van der Waals surface area contributed by atoms with Gasteiger partial charge in [-0.15, -0.1) is 0 Å². The lowest BCUT2D eigenvalue weighted by molar-refractivity contribution is 0.104. The predicted octanol–water partition coefficient (Wildman–Crippen LogP) is 6.62. The van der Waals surface area contributed by atoms with Gasteiger partial charge in [0.25, 0.3) is 0 Å². The van der Waals surface area contributed by atoms with Crippen LogP contribution in [0.2, 0.25) is 0 Å². The highest BCUT2D eigenvalue weighted by Crippen LogP contribution is 2.35. The number of allylic oxidation sites excluding steroid dienone is 1. The van der Waals surface area contributed by atoms with E-state index in [9.17, 15) is 9.90 Å². The molecule has 0 aromatic heterocycles. The third kappa shape index (κ3) is 4.17. The van der Waals surface area contributed by atoms with Gasteiger partial charge in [-0.1, -0.05) is 97.1 Å². The number of rotatable bonds is 5. The van der Waals surface area contributed by atoms with Gasteiger partial charge in [-0.25, -0.2) is 0 Å². The van der Waals surface area contributed by atoms with E-state index in [1.54, 1.807) is 18.2 Å². The van der Waals surface area contributed by atoms with Crippen molar-refractivity contribution in [3.63, 3.8) is 0 Å². The van der Waals surface area contributed by atoms with Gasteiger partial charge in [0.2, 0.25) is 0 Å². The first kappa shape index (κ1) is 18.5. The molecule has 0 amide bonds. The zero-order chi connectivity index (χ0) is 20.1. The molecule has 4 aromatic rings. The van der Waals surface area contributed by atoms with E-state index in [2.05, 4.69) is 18.2 Å². The number of hydrogen-bond acceptors (Lipinski definition) is 2. The monoisotopic (exact) mass is 376 g/mol. The molecule has 140 valence electrons. The van der Waals surface area contributed by atoms with Gasteiger partial charge >= 0.3 is 0 Å². The molecule has 1 N–H and O–H groups in total. The first-order valence-corrected chi connectivity index (χ1v) is 9.48. The van der Waals surface area contributed by atoms with Crippen LogP contribution in [0.3, 0.4) is 0 Å². The Balaban J connectivity index is 1.74. The van der Waals surface area contributed by atoms with Crippen molar-refractivity contribution in [3.8, 4) is 28.0 Å². The lowest BCUT2D eigenvalue weighted by atomic mass is 9.91. The molecule has 2 heteroatoms. The molecule has 0 radical (unpaired) electrons. The second kappa shape index (κ2) is 8.41. The molecule has 0 aliphatic heterocycles. The summed E-state index contributed by atoms with van der Waals surface area (Å²) in [6, 6.07) is 32.7. The summed E-state index contributed by atoms with van der Waals surface area (Å²) >= 11 is 0. The fraction of sp³-hybridized carbons (Fsp3) is 0. The molecule has 0 heterocycles. The van der Waals surface area contributed by atoms with Crippen molar-refractivity contribution >= 4 is 11.9 Å². The summed E-state index contributed by atoms with van der Waals surface area (Å²) in [5.74, 6) is 0.223. The zero-order valence-electron chi connectivity index (χ0n) is 15.8. The third-order valence-corrected chi connectivity index (χ3v) is 4.83. The smallest absolute Gasteiger partial charge is 0.185 e. The molecule has 0 saturated carbocycles. The normalized spacial score (nSPS) is 10.9. The lowest BCUT2D eigenvalue weighted by Gasteiger charge is -2.13. The number of carbonyl (C=O) groups excluding carboxylic acids is 1. The Hall–Kier alpha value is -3.91. The van der Waals surface area contributed by atoms with Crippen LogP contribution in [0.15, 0.2) is 109 Å².